The van der Waals surface area contributed by atoms with Crippen molar-refractivity contribution < 1.29 is 9.53 Å². The van der Waals surface area contributed by atoms with Gasteiger partial charge >= 0.3 is 0 Å². The van der Waals surface area contributed by atoms with Crippen molar-refractivity contribution in [2.24, 2.45) is 0 Å². The molecular formula is C22H27NO2. The molecule has 1 aliphatic rings. The summed E-state index contributed by atoms with van der Waals surface area (Å²) in [6.45, 7) is 4.69. The Morgan fingerprint density at radius 1 is 1.04 bits per heavy atom. The van der Waals surface area contributed by atoms with Gasteiger partial charge in [0.25, 0.3) is 5.91 Å². The van der Waals surface area contributed by atoms with E-state index in [-0.39, 0.29) is 11.9 Å². The molecule has 0 radical (unpaired) electrons. The summed E-state index contributed by atoms with van der Waals surface area (Å²) >= 11 is 0. The minimum atomic E-state index is -0.0346. The maximum absolute atomic E-state index is 12.6. The van der Waals surface area contributed by atoms with Crippen molar-refractivity contribution in [1.29, 1.82) is 0 Å². The molecule has 0 bridgehead atoms. The number of amides is 1. The van der Waals surface area contributed by atoms with Crippen LogP contribution in [0.3, 0.4) is 0 Å². The minimum absolute atomic E-state index is 0.0346. The first-order valence-corrected chi connectivity index (χ1v) is 9.36. The van der Waals surface area contributed by atoms with Gasteiger partial charge in [0, 0.05) is 5.56 Å². The minimum Gasteiger partial charge on any atom is -0.494 e. The number of hydrogen-bond acceptors (Lipinski definition) is 2. The topological polar surface area (TPSA) is 38.3 Å². The van der Waals surface area contributed by atoms with Crippen LogP contribution in [0.5, 0.6) is 5.75 Å². The number of nitrogens with one attached hydrogen (secondary N) is 1. The first-order valence-electron chi connectivity index (χ1n) is 9.36. The van der Waals surface area contributed by atoms with Crippen molar-refractivity contribution in [3.63, 3.8) is 0 Å². The molecule has 1 aliphatic carbocycles. The molecule has 0 aliphatic heterocycles. The third-order valence-electron chi connectivity index (χ3n) is 4.92. The van der Waals surface area contributed by atoms with Crippen molar-refractivity contribution in [2.45, 2.75) is 52.0 Å². The Kier molecular flexibility index (Phi) is 5.75. The highest BCUT2D eigenvalue weighted by Crippen LogP contribution is 2.26. The van der Waals surface area contributed by atoms with Crippen molar-refractivity contribution in [1.82, 2.24) is 5.32 Å². The van der Waals surface area contributed by atoms with Crippen LogP contribution in [0, 0.1) is 0 Å². The van der Waals surface area contributed by atoms with E-state index in [1.165, 1.54) is 36.0 Å². The molecule has 0 saturated heterocycles. The Morgan fingerprint density at radius 2 is 1.76 bits per heavy atom. The smallest absolute Gasteiger partial charge is 0.251 e. The zero-order chi connectivity index (χ0) is 17.6. The van der Waals surface area contributed by atoms with Gasteiger partial charge in [0.05, 0.1) is 12.6 Å². The van der Waals surface area contributed by atoms with Crippen LogP contribution in [0.1, 0.15) is 66.2 Å². The summed E-state index contributed by atoms with van der Waals surface area (Å²) in [6.07, 6.45) is 5.78. The average Bonchev–Trinajstić information content (AvgIpc) is 2.66. The fraction of sp³-hybridized carbons (Fsp3) is 0.409. The number of rotatable bonds is 6. The van der Waals surface area contributed by atoms with Crippen LogP contribution in [0.4, 0.5) is 0 Å². The highest BCUT2D eigenvalue weighted by Gasteiger charge is 2.17. The Morgan fingerprint density at radius 3 is 2.44 bits per heavy atom. The predicted molar refractivity (Wildman–Crippen MR) is 101 cm³/mol. The van der Waals surface area contributed by atoms with Gasteiger partial charge in [0.2, 0.25) is 0 Å². The van der Waals surface area contributed by atoms with E-state index < -0.39 is 0 Å². The summed E-state index contributed by atoms with van der Waals surface area (Å²) in [6, 6.07) is 14.1. The number of hydrogen-bond donors (Lipinski definition) is 1. The summed E-state index contributed by atoms with van der Waals surface area (Å²) < 4.78 is 5.43. The summed E-state index contributed by atoms with van der Waals surface area (Å²) in [5.74, 6) is 0.758. The first-order chi connectivity index (χ1) is 12.2. The fourth-order valence-corrected chi connectivity index (χ4v) is 3.50. The highest BCUT2D eigenvalue weighted by atomic mass is 16.5. The molecule has 0 spiro atoms. The monoisotopic (exact) mass is 337 g/mol. The van der Waals surface area contributed by atoms with Crippen molar-refractivity contribution in [2.75, 3.05) is 6.61 Å². The zero-order valence-corrected chi connectivity index (χ0v) is 15.2. The van der Waals surface area contributed by atoms with Crippen LogP contribution in [0.2, 0.25) is 0 Å². The molecule has 25 heavy (non-hydrogen) atoms. The molecule has 3 rings (SSSR count). The number of benzene rings is 2. The van der Waals surface area contributed by atoms with E-state index in [2.05, 4.69) is 30.4 Å². The van der Waals surface area contributed by atoms with Crippen LogP contribution in [0.25, 0.3) is 0 Å². The van der Waals surface area contributed by atoms with Gasteiger partial charge in [-0.1, -0.05) is 25.1 Å². The molecule has 0 fully saturated rings. The molecule has 1 amide bonds. The molecule has 3 nitrogen and oxygen atoms in total. The third-order valence-corrected chi connectivity index (χ3v) is 4.92. The number of fused-ring (bicyclic) bond motifs is 1. The molecule has 2 aromatic carbocycles. The molecule has 132 valence electrons. The lowest BCUT2D eigenvalue weighted by Crippen LogP contribution is -2.28. The van der Waals surface area contributed by atoms with Gasteiger partial charge in [0.1, 0.15) is 5.75 Å². The maximum atomic E-state index is 12.6. The summed E-state index contributed by atoms with van der Waals surface area (Å²) in [5, 5.41) is 3.18. The van der Waals surface area contributed by atoms with E-state index >= 15 is 0 Å². The van der Waals surface area contributed by atoms with E-state index in [0.29, 0.717) is 12.2 Å². The quantitative estimate of drug-likeness (QED) is 0.818. The van der Waals surface area contributed by atoms with Gasteiger partial charge in [-0.25, -0.2) is 0 Å². The lowest BCUT2D eigenvalue weighted by molar-refractivity contribution is 0.0935. The average molecular weight is 337 g/mol. The largest absolute Gasteiger partial charge is 0.494 e. The summed E-state index contributed by atoms with van der Waals surface area (Å²) in [4.78, 5) is 12.6. The Balaban J connectivity index is 1.72. The van der Waals surface area contributed by atoms with Crippen molar-refractivity contribution >= 4 is 5.91 Å². The van der Waals surface area contributed by atoms with E-state index in [1.807, 2.05) is 31.2 Å². The summed E-state index contributed by atoms with van der Waals surface area (Å²) in [5.41, 5.74) is 4.81. The number of carbonyl (C=O) groups is 1. The third kappa shape index (κ3) is 4.22. The van der Waals surface area contributed by atoms with Gasteiger partial charge < -0.3 is 10.1 Å². The molecular weight excluding hydrogens is 310 g/mol. The summed E-state index contributed by atoms with van der Waals surface area (Å²) in [7, 11) is 0. The van der Waals surface area contributed by atoms with Gasteiger partial charge in [-0.2, -0.15) is 0 Å². The van der Waals surface area contributed by atoms with Crippen LogP contribution < -0.4 is 10.1 Å². The molecule has 1 atom stereocenters. The van der Waals surface area contributed by atoms with Crippen LogP contribution >= 0.6 is 0 Å². The van der Waals surface area contributed by atoms with Gasteiger partial charge in [-0.05, 0) is 80.0 Å². The van der Waals surface area contributed by atoms with Crippen LogP contribution in [-0.2, 0) is 12.8 Å². The maximum Gasteiger partial charge on any atom is 0.251 e. The fourth-order valence-electron chi connectivity index (χ4n) is 3.50. The van der Waals surface area contributed by atoms with Crippen LogP contribution in [0.15, 0.2) is 42.5 Å². The van der Waals surface area contributed by atoms with E-state index in [1.54, 1.807) is 0 Å². The Bertz CT molecular complexity index is 721. The lowest BCUT2D eigenvalue weighted by Gasteiger charge is -2.22. The van der Waals surface area contributed by atoms with Crippen LogP contribution in [-0.4, -0.2) is 12.5 Å². The second kappa shape index (κ2) is 8.19. The van der Waals surface area contributed by atoms with E-state index in [0.717, 1.165) is 18.6 Å². The highest BCUT2D eigenvalue weighted by molar-refractivity contribution is 5.94. The molecule has 0 saturated carbocycles. The standard InChI is InChI=1S/C22H27NO2/c1-3-21(19-10-9-16-7-5-6-8-18(16)15-19)23-22(24)17-11-13-20(14-12-17)25-4-2/h9-15,21H,3-8H2,1-2H3,(H,23,24)/t21-/m0/s1. The molecule has 1 N–H and O–H groups in total. The van der Waals surface area contributed by atoms with Gasteiger partial charge in [-0.15, -0.1) is 0 Å². The number of ether oxygens (including phenoxy) is 1. The normalized spacial score (nSPS) is 14.5. The van der Waals surface area contributed by atoms with Crippen molar-refractivity contribution in [3.05, 3.63) is 64.7 Å². The lowest BCUT2D eigenvalue weighted by atomic mass is 9.88. The number of aryl methyl sites for hydroxylation is 2. The molecule has 0 aromatic heterocycles. The van der Waals surface area contributed by atoms with Gasteiger partial charge in [-0.3, -0.25) is 4.79 Å². The second-order valence-electron chi connectivity index (χ2n) is 6.63. The molecule has 0 heterocycles. The number of carbonyl (C=O) groups excluding carboxylic acids is 1. The molecule has 2 aromatic rings. The molecule has 0 unspecified atom stereocenters. The zero-order valence-electron chi connectivity index (χ0n) is 15.2. The first kappa shape index (κ1) is 17.5. The van der Waals surface area contributed by atoms with Gasteiger partial charge in [0.15, 0.2) is 0 Å². The molecule has 3 heteroatoms. The van der Waals surface area contributed by atoms with E-state index in [4.69, 9.17) is 4.74 Å². The van der Waals surface area contributed by atoms with Crippen molar-refractivity contribution in [3.8, 4) is 5.75 Å². The van der Waals surface area contributed by atoms with E-state index in [9.17, 15) is 4.79 Å². The second-order valence-corrected chi connectivity index (χ2v) is 6.63. The predicted octanol–water partition coefficient (Wildman–Crippen LogP) is 4.85. The Hall–Kier alpha value is -2.29. The Labute approximate surface area is 150 Å². The SMILES string of the molecule is CCOc1ccc(C(=O)N[C@@H](CC)c2ccc3c(c2)CCCC3)cc1.